The van der Waals surface area contributed by atoms with Crippen LogP contribution in [0.5, 0.6) is 0 Å². The molecule has 1 rings (SSSR count). The normalized spacial score (nSPS) is 12.5. The fourth-order valence-electron chi connectivity index (χ4n) is 1.23. The Hall–Kier alpha value is -0.910. The van der Waals surface area contributed by atoms with E-state index in [1.54, 1.807) is 0 Å². The number of benzene rings is 1. The summed E-state index contributed by atoms with van der Waals surface area (Å²) in [5.41, 5.74) is 5.48. The van der Waals surface area contributed by atoms with E-state index in [2.05, 4.69) is 4.74 Å². The van der Waals surface area contributed by atoms with Gasteiger partial charge in [-0.25, -0.2) is 4.79 Å². The maximum Gasteiger partial charge on any atom is 0.379 e. The van der Waals surface area contributed by atoms with Crippen LogP contribution in [0.15, 0.2) is 24.3 Å². The zero-order valence-corrected chi connectivity index (χ0v) is 11.1. The van der Waals surface area contributed by atoms with E-state index < -0.39 is 17.9 Å². The average molecular weight is 300 g/mol. The number of carbonyl (C=O) groups excluding carboxylic acids is 1. The van der Waals surface area contributed by atoms with Gasteiger partial charge in [0.05, 0.1) is 6.61 Å². The lowest BCUT2D eigenvalue weighted by Crippen LogP contribution is -2.41. The number of ether oxygens (including phenoxy) is 1. The van der Waals surface area contributed by atoms with Crippen LogP contribution in [-0.4, -0.2) is 18.5 Å². The van der Waals surface area contributed by atoms with Crippen LogP contribution >= 0.6 is 24.0 Å². The molecule has 3 nitrogen and oxygen atoms in total. The molecule has 0 saturated carbocycles. The van der Waals surface area contributed by atoms with Crippen LogP contribution in [0.1, 0.15) is 18.5 Å². The topological polar surface area (TPSA) is 52.3 Å². The molecule has 0 aliphatic carbocycles. The van der Waals surface area contributed by atoms with Crippen molar-refractivity contribution in [2.24, 2.45) is 5.73 Å². The van der Waals surface area contributed by atoms with Crippen LogP contribution in [0.25, 0.3) is 0 Å². The smallest absolute Gasteiger partial charge is 0.379 e. The van der Waals surface area contributed by atoms with Crippen molar-refractivity contribution in [1.29, 1.82) is 0 Å². The quantitative estimate of drug-likeness (QED) is 0.870. The number of carbonyl (C=O) groups is 1. The van der Waals surface area contributed by atoms with E-state index >= 15 is 0 Å². The van der Waals surface area contributed by atoms with E-state index in [1.165, 1.54) is 31.2 Å². The van der Waals surface area contributed by atoms with Gasteiger partial charge in [0.2, 0.25) is 0 Å². The van der Waals surface area contributed by atoms with Gasteiger partial charge in [0.15, 0.2) is 0 Å². The number of esters is 1. The lowest BCUT2D eigenvalue weighted by molar-refractivity contribution is -0.174. The van der Waals surface area contributed by atoms with Crippen molar-refractivity contribution >= 4 is 30.0 Å². The van der Waals surface area contributed by atoms with Gasteiger partial charge in [-0.2, -0.15) is 8.78 Å². The van der Waals surface area contributed by atoms with E-state index in [0.29, 0.717) is 5.02 Å². The highest BCUT2D eigenvalue weighted by Crippen LogP contribution is 2.31. The Labute approximate surface area is 115 Å². The second kappa shape index (κ2) is 6.87. The molecule has 0 unspecified atom stereocenters. The maximum absolute atomic E-state index is 13.6. The molecule has 0 spiro atoms. The third-order valence-electron chi connectivity index (χ3n) is 2.17. The Kier molecular flexibility index (Phi) is 6.52. The molecule has 18 heavy (non-hydrogen) atoms. The lowest BCUT2D eigenvalue weighted by Gasteiger charge is -2.21. The number of hydrogen-bond acceptors (Lipinski definition) is 3. The number of nitrogens with two attached hydrogens (primary N) is 1. The molecule has 102 valence electrons. The molecule has 1 aromatic carbocycles. The Balaban J connectivity index is 0.00000289. The van der Waals surface area contributed by atoms with E-state index in [0.717, 1.165) is 0 Å². The van der Waals surface area contributed by atoms with Crippen molar-refractivity contribution in [3.8, 4) is 0 Å². The van der Waals surface area contributed by atoms with Gasteiger partial charge in [-0.3, -0.25) is 0 Å². The molecule has 0 heterocycles. The first kappa shape index (κ1) is 17.1. The SMILES string of the molecule is CCOC(=O)C(F)(F)[C@@H](N)c1ccc(Cl)cc1.Cl. The average Bonchev–Trinajstić information content (AvgIpc) is 2.29. The molecule has 1 atom stereocenters. The van der Waals surface area contributed by atoms with Crippen LogP contribution in [0, 0.1) is 0 Å². The van der Waals surface area contributed by atoms with Crippen molar-refractivity contribution < 1.29 is 18.3 Å². The van der Waals surface area contributed by atoms with Crippen LogP contribution < -0.4 is 5.73 Å². The van der Waals surface area contributed by atoms with Gasteiger partial charge in [0.25, 0.3) is 0 Å². The molecule has 1 aromatic rings. The highest BCUT2D eigenvalue weighted by molar-refractivity contribution is 6.30. The zero-order chi connectivity index (χ0) is 13.1. The highest BCUT2D eigenvalue weighted by atomic mass is 35.5. The van der Waals surface area contributed by atoms with E-state index in [-0.39, 0.29) is 24.6 Å². The van der Waals surface area contributed by atoms with E-state index in [1.807, 2.05) is 0 Å². The number of hydrogen-bond donors (Lipinski definition) is 1. The molecule has 0 aliphatic rings. The first-order valence-electron chi connectivity index (χ1n) is 4.95. The monoisotopic (exact) mass is 299 g/mol. The van der Waals surface area contributed by atoms with Crippen molar-refractivity contribution in [1.82, 2.24) is 0 Å². The largest absolute Gasteiger partial charge is 0.462 e. The fourth-order valence-corrected chi connectivity index (χ4v) is 1.36. The molecule has 7 heteroatoms. The summed E-state index contributed by atoms with van der Waals surface area (Å²) in [4.78, 5) is 11.1. The van der Waals surface area contributed by atoms with Gasteiger partial charge < -0.3 is 10.5 Å². The van der Waals surface area contributed by atoms with Crippen LogP contribution in [0.4, 0.5) is 8.78 Å². The van der Waals surface area contributed by atoms with Crippen LogP contribution in [0.3, 0.4) is 0 Å². The van der Waals surface area contributed by atoms with Gasteiger partial charge in [-0.15, -0.1) is 12.4 Å². The van der Waals surface area contributed by atoms with Gasteiger partial charge >= 0.3 is 11.9 Å². The second-order valence-corrected chi connectivity index (χ2v) is 3.81. The summed E-state index contributed by atoms with van der Waals surface area (Å²) < 4.78 is 31.4. The van der Waals surface area contributed by atoms with Crippen molar-refractivity contribution in [3.05, 3.63) is 34.9 Å². The molecule has 0 radical (unpaired) electrons. The minimum absolute atomic E-state index is 0. The third-order valence-corrected chi connectivity index (χ3v) is 2.42. The molecular formula is C11H13Cl2F2NO2. The molecule has 0 saturated heterocycles. The maximum atomic E-state index is 13.6. The van der Waals surface area contributed by atoms with Crippen LogP contribution in [0.2, 0.25) is 5.02 Å². The number of rotatable bonds is 4. The molecule has 2 N–H and O–H groups in total. The number of alkyl halides is 2. The van der Waals surface area contributed by atoms with Crippen molar-refractivity contribution in [2.75, 3.05) is 6.61 Å². The standard InChI is InChI=1S/C11H12ClF2NO2.ClH/c1-2-17-10(16)11(13,14)9(15)7-3-5-8(12)6-4-7;/h3-6,9H,2,15H2,1H3;1H/t9-;/m0./s1. The first-order valence-corrected chi connectivity index (χ1v) is 5.33. The third kappa shape index (κ3) is 3.80. The van der Waals surface area contributed by atoms with Gasteiger partial charge in [-0.1, -0.05) is 23.7 Å². The Morgan fingerprint density at radius 1 is 1.44 bits per heavy atom. The summed E-state index contributed by atoms with van der Waals surface area (Å²) >= 11 is 5.62. The summed E-state index contributed by atoms with van der Waals surface area (Å²) in [6.45, 7) is 1.32. The second-order valence-electron chi connectivity index (χ2n) is 3.37. The van der Waals surface area contributed by atoms with Crippen molar-refractivity contribution in [2.45, 2.75) is 18.9 Å². The van der Waals surface area contributed by atoms with E-state index in [4.69, 9.17) is 17.3 Å². The minimum Gasteiger partial charge on any atom is -0.462 e. The molecule has 0 amide bonds. The molecule has 0 aromatic heterocycles. The Morgan fingerprint density at radius 2 is 1.94 bits per heavy atom. The summed E-state index contributed by atoms with van der Waals surface area (Å²) in [6, 6.07) is 3.80. The fraction of sp³-hybridized carbons (Fsp3) is 0.364. The predicted octanol–water partition coefficient (Wildman–Crippen LogP) is 2.96. The zero-order valence-electron chi connectivity index (χ0n) is 9.53. The van der Waals surface area contributed by atoms with Crippen molar-refractivity contribution in [3.63, 3.8) is 0 Å². The number of halogens is 4. The van der Waals surface area contributed by atoms with E-state index in [9.17, 15) is 13.6 Å². The highest BCUT2D eigenvalue weighted by Gasteiger charge is 2.47. The Bertz CT molecular complexity index is 399. The van der Waals surface area contributed by atoms with Crippen LogP contribution in [-0.2, 0) is 9.53 Å². The molecule has 0 aliphatic heterocycles. The lowest BCUT2D eigenvalue weighted by atomic mass is 10.0. The van der Waals surface area contributed by atoms with Gasteiger partial charge in [0, 0.05) is 5.02 Å². The predicted molar refractivity (Wildman–Crippen MR) is 67.2 cm³/mol. The summed E-state index contributed by atoms with van der Waals surface area (Å²) in [6.07, 6.45) is 0. The van der Waals surface area contributed by atoms with Gasteiger partial charge in [-0.05, 0) is 24.6 Å². The molecular weight excluding hydrogens is 287 g/mol. The first-order chi connectivity index (χ1) is 7.89. The summed E-state index contributed by atoms with van der Waals surface area (Å²) in [7, 11) is 0. The minimum atomic E-state index is -3.76. The molecule has 0 bridgehead atoms. The summed E-state index contributed by atoms with van der Waals surface area (Å²) in [5, 5.41) is 0.403. The van der Waals surface area contributed by atoms with Gasteiger partial charge in [0.1, 0.15) is 6.04 Å². The Morgan fingerprint density at radius 3 is 2.39 bits per heavy atom. The summed E-state index contributed by atoms with van der Waals surface area (Å²) in [5.74, 6) is -5.38. The molecule has 0 fully saturated rings.